The molecule has 1 saturated heterocycles. The molecule has 0 saturated carbocycles. The average molecular weight is 215 g/mol. The number of carboxylic acid groups (broad SMARTS) is 1. The third kappa shape index (κ3) is 3.47. The zero-order chi connectivity index (χ0) is 11.9. The molecule has 1 aliphatic heterocycles. The van der Waals surface area contributed by atoms with Gasteiger partial charge in [-0.1, -0.05) is 0 Å². The molecule has 0 spiro atoms. The highest BCUT2D eigenvalue weighted by Gasteiger charge is 2.46. The lowest BCUT2D eigenvalue weighted by atomic mass is 9.71. The molecule has 4 nitrogen and oxygen atoms in total. The minimum Gasteiger partial charge on any atom is -0.481 e. The molecule has 3 N–H and O–H groups in total. The largest absolute Gasteiger partial charge is 0.481 e. The van der Waals surface area contributed by atoms with E-state index in [2.05, 4.69) is 5.32 Å². The molecular formula is C11H21NO3. The van der Waals surface area contributed by atoms with Crippen molar-refractivity contribution in [3.05, 3.63) is 0 Å². The van der Waals surface area contributed by atoms with Gasteiger partial charge < -0.3 is 15.5 Å². The number of rotatable bonds is 2. The second kappa shape index (κ2) is 3.46. The smallest absolute Gasteiger partial charge is 0.306 e. The fourth-order valence-electron chi connectivity index (χ4n) is 3.12. The molecule has 0 aromatic carbocycles. The molecule has 0 unspecified atom stereocenters. The third-order valence-corrected chi connectivity index (χ3v) is 2.70. The summed E-state index contributed by atoms with van der Waals surface area (Å²) in [5.41, 5.74) is -1.55. The Bertz CT molecular complexity index is 255. The van der Waals surface area contributed by atoms with Gasteiger partial charge in [0.1, 0.15) is 0 Å². The van der Waals surface area contributed by atoms with E-state index in [0.29, 0.717) is 12.8 Å². The van der Waals surface area contributed by atoms with Gasteiger partial charge in [-0.2, -0.15) is 0 Å². The molecule has 4 heteroatoms. The van der Waals surface area contributed by atoms with Gasteiger partial charge in [0.25, 0.3) is 0 Å². The van der Waals surface area contributed by atoms with E-state index >= 15 is 0 Å². The van der Waals surface area contributed by atoms with E-state index in [1.54, 1.807) is 0 Å². The Kier molecular flexibility index (Phi) is 2.87. The Hall–Kier alpha value is -0.610. The van der Waals surface area contributed by atoms with Gasteiger partial charge in [-0.3, -0.25) is 4.79 Å². The van der Waals surface area contributed by atoms with Crippen LogP contribution in [0.25, 0.3) is 0 Å². The number of hydrogen-bond donors (Lipinski definition) is 3. The topological polar surface area (TPSA) is 69.6 Å². The lowest BCUT2D eigenvalue weighted by Crippen LogP contribution is -2.63. The van der Waals surface area contributed by atoms with Crippen LogP contribution in [-0.2, 0) is 4.79 Å². The molecule has 0 aromatic rings. The van der Waals surface area contributed by atoms with Crippen LogP contribution in [0.1, 0.15) is 47.0 Å². The molecule has 0 bridgehead atoms. The Labute approximate surface area is 90.7 Å². The van der Waals surface area contributed by atoms with E-state index in [1.807, 2.05) is 27.7 Å². The summed E-state index contributed by atoms with van der Waals surface area (Å²) in [4.78, 5) is 10.7. The van der Waals surface area contributed by atoms with Crippen LogP contribution >= 0.6 is 0 Å². The van der Waals surface area contributed by atoms with Crippen molar-refractivity contribution >= 4 is 5.97 Å². The second-order valence-electron chi connectivity index (χ2n) is 6.04. The summed E-state index contributed by atoms with van der Waals surface area (Å²) in [5, 5.41) is 22.5. The first-order chi connectivity index (χ1) is 6.54. The SMILES string of the molecule is CC1(C)CC(O)(CC(=O)O)CC(C)(C)N1. The maximum atomic E-state index is 10.7. The van der Waals surface area contributed by atoms with Crippen molar-refractivity contribution in [3.63, 3.8) is 0 Å². The van der Waals surface area contributed by atoms with Crippen molar-refractivity contribution in [2.24, 2.45) is 0 Å². The standard InChI is InChI=1S/C11H21NO3/c1-9(2)6-11(15,5-8(13)14)7-10(3,4)12-9/h12,15H,5-7H2,1-4H3,(H,13,14). The fraction of sp³-hybridized carbons (Fsp3) is 0.909. The summed E-state index contributed by atoms with van der Waals surface area (Å²) in [6, 6.07) is 0. The van der Waals surface area contributed by atoms with Crippen LogP contribution in [-0.4, -0.2) is 32.9 Å². The van der Waals surface area contributed by atoms with Gasteiger partial charge in [0.15, 0.2) is 0 Å². The molecular weight excluding hydrogens is 194 g/mol. The van der Waals surface area contributed by atoms with Crippen LogP contribution in [0.15, 0.2) is 0 Å². The van der Waals surface area contributed by atoms with Gasteiger partial charge >= 0.3 is 5.97 Å². The van der Waals surface area contributed by atoms with E-state index < -0.39 is 11.6 Å². The number of aliphatic carboxylic acids is 1. The first-order valence-electron chi connectivity index (χ1n) is 5.27. The van der Waals surface area contributed by atoms with E-state index in [1.165, 1.54) is 0 Å². The van der Waals surface area contributed by atoms with Crippen molar-refractivity contribution in [2.75, 3.05) is 0 Å². The summed E-state index contributed by atoms with van der Waals surface area (Å²) in [6.07, 6.45) is 0.757. The molecule has 0 aromatic heterocycles. The summed E-state index contributed by atoms with van der Waals surface area (Å²) < 4.78 is 0. The normalized spacial score (nSPS) is 27.3. The monoisotopic (exact) mass is 215 g/mol. The maximum absolute atomic E-state index is 10.7. The van der Waals surface area contributed by atoms with Crippen LogP contribution in [0, 0.1) is 0 Å². The maximum Gasteiger partial charge on any atom is 0.306 e. The Morgan fingerprint density at radius 1 is 1.20 bits per heavy atom. The van der Waals surface area contributed by atoms with Crippen molar-refractivity contribution in [2.45, 2.75) is 63.6 Å². The predicted octanol–water partition coefficient (Wildman–Crippen LogP) is 1.13. The fourth-order valence-corrected chi connectivity index (χ4v) is 3.12. The van der Waals surface area contributed by atoms with Gasteiger partial charge in [0, 0.05) is 11.1 Å². The number of carbonyl (C=O) groups is 1. The van der Waals surface area contributed by atoms with Crippen LogP contribution in [0.2, 0.25) is 0 Å². The first kappa shape index (κ1) is 12.5. The average Bonchev–Trinajstić information content (AvgIpc) is 1.70. The number of hydrogen-bond acceptors (Lipinski definition) is 3. The zero-order valence-electron chi connectivity index (χ0n) is 9.92. The molecule has 0 aliphatic carbocycles. The van der Waals surface area contributed by atoms with Crippen molar-refractivity contribution in [1.29, 1.82) is 0 Å². The number of piperidine rings is 1. The Balaban J connectivity index is 2.86. The number of nitrogens with one attached hydrogen (secondary N) is 1. The van der Waals surface area contributed by atoms with Crippen LogP contribution in [0.4, 0.5) is 0 Å². The minimum atomic E-state index is -1.09. The predicted molar refractivity (Wildman–Crippen MR) is 57.7 cm³/mol. The van der Waals surface area contributed by atoms with Gasteiger partial charge in [0.05, 0.1) is 12.0 Å². The van der Waals surface area contributed by atoms with Gasteiger partial charge in [-0.15, -0.1) is 0 Å². The van der Waals surface area contributed by atoms with E-state index in [4.69, 9.17) is 5.11 Å². The van der Waals surface area contributed by atoms with Crippen LogP contribution in [0.5, 0.6) is 0 Å². The lowest BCUT2D eigenvalue weighted by molar-refractivity contribution is -0.146. The van der Waals surface area contributed by atoms with E-state index in [0.717, 1.165) is 0 Å². The number of carboxylic acids is 1. The highest BCUT2D eigenvalue weighted by atomic mass is 16.4. The molecule has 0 radical (unpaired) electrons. The Morgan fingerprint density at radius 2 is 1.60 bits per heavy atom. The van der Waals surface area contributed by atoms with Crippen LogP contribution in [0.3, 0.4) is 0 Å². The van der Waals surface area contributed by atoms with Gasteiger partial charge in [-0.05, 0) is 40.5 Å². The van der Waals surface area contributed by atoms with E-state index in [9.17, 15) is 9.90 Å². The van der Waals surface area contributed by atoms with E-state index in [-0.39, 0.29) is 17.5 Å². The quantitative estimate of drug-likeness (QED) is 0.646. The van der Waals surface area contributed by atoms with Gasteiger partial charge in [-0.25, -0.2) is 0 Å². The minimum absolute atomic E-state index is 0.179. The molecule has 1 heterocycles. The molecule has 0 atom stereocenters. The molecule has 15 heavy (non-hydrogen) atoms. The molecule has 1 aliphatic rings. The highest BCUT2D eigenvalue weighted by Crippen LogP contribution is 2.37. The summed E-state index contributed by atoms with van der Waals surface area (Å²) in [7, 11) is 0. The summed E-state index contributed by atoms with van der Waals surface area (Å²) in [6.45, 7) is 7.95. The summed E-state index contributed by atoms with van der Waals surface area (Å²) >= 11 is 0. The Morgan fingerprint density at radius 3 is 1.93 bits per heavy atom. The first-order valence-corrected chi connectivity index (χ1v) is 5.27. The summed E-state index contributed by atoms with van der Waals surface area (Å²) in [5.74, 6) is -0.939. The molecule has 88 valence electrons. The second-order valence-corrected chi connectivity index (χ2v) is 6.04. The molecule has 0 amide bonds. The van der Waals surface area contributed by atoms with Crippen LogP contribution < -0.4 is 5.32 Å². The van der Waals surface area contributed by atoms with Crippen molar-refractivity contribution in [1.82, 2.24) is 5.32 Å². The van der Waals surface area contributed by atoms with Crippen molar-refractivity contribution < 1.29 is 15.0 Å². The van der Waals surface area contributed by atoms with Gasteiger partial charge in [0.2, 0.25) is 0 Å². The third-order valence-electron chi connectivity index (χ3n) is 2.70. The zero-order valence-corrected chi connectivity index (χ0v) is 9.92. The highest BCUT2D eigenvalue weighted by molar-refractivity contribution is 5.68. The number of aliphatic hydroxyl groups is 1. The molecule has 1 fully saturated rings. The lowest BCUT2D eigenvalue weighted by Gasteiger charge is -2.50. The molecule has 1 rings (SSSR count). The van der Waals surface area contributed by atoms with Crippen molar-refractivity contribution in [3.8, 4) is 0 Å².